The summed E-state index contributed by atoms with van der Waals surface area (Å²) < 4.78 is 0. The largest absolute Gasteiger partial charge is 0.361 e. The van der Waals surface area contributed by atoms with Crippen molar-refractivity contribution in [1.29, 1.82) is 5.26 Å². The summed E-state index contributed by atoms with van der Waals surface area (Å²) in [6, 6.07) is 16.4. The van der Waals surface area contributed by atoms with Crippen LogP contribution in [0, 0.1) is 11.3 Å². The fourth-order valence-electron chi connectivity index (χ4n) is 2.07. The highest BCUT2D eigenvalue weighted by Gasteiger charge is 2.09. The molecule has 1 aromatic heterocycles. The van der Waals surface area contributed by atoms with E-state index in [1.165, 1.54) is 0 Å². The molecule has 0 aliphatic rings. The molecule has 3 rings (SSSR count). The number of anilines is 1. The lowest BCUT2D eigenvalue weighted by molar-refractivity contribution is 0.102. The van der Waals surface area contributed by atoms with Crippen LogP contribution in [-0.4, -0.2) is 10.9 Å². The highest BCUT2D eigenvalue weighted by molar-refractivity contribution is 6.06. The number of nitriles is 1. The van der Waals surface area contributed by atoms with Gasteiger partial charge in [-0.25, -0.2) is 0 Å². The van der Waals surface area contributed by atoms with Gasteiger partial charge in [-0.05, 0) is 35.7 Å². The summed E-state index contributed by atoms with van der Waals surface area (Å²) in [5.74, 6) is -0.232. The Bertz CT molecular complexity index is 827. The Morgan fingerprint density at radius 1 is 1.15 bits per heavy atom. The molecule has 0 unspecified atom stereocenters. The zero-order valence-electron chi connectivity index (χ0n) is 10.6. The van der Waals surface area contributed by atoms with Gasteiger partial charge in [0.25, 0.3) is 5.91 Å². The van der Waals surface area contributed by atoms with Crippen molar-refractivity contribution in [3.63, 3.8) is 0 Å². The number of amides is 1. The van der Waals surface area contributed by atoms with E-state index in [-0.39, 0.29) is 5.91 Å². The number of hydrogen-bond acceptors (Lipinski definition) is 2. The number of carbonyl (C=O) groups excluding carboxylic acids is 1. The van der Waals surface area contributed by atoms with E-state index >= 15 is 0 Å². The molecule has 2 aromatic carbocycles. The first-order chi connectivity index (χ1) is 9.78. The third-order valence-electron chi connectivity index (χ3n) is 3.11. The van der Waals surface area contributed by atoms with Crippen LogP contribution in [0.4, 0.5) is 5.69 Å². The van der Waals surface area contributed by atoms with Crippen molar-refractivity contribution in [2.75, 3.05) is 5.32 Å². The lowest BCUT2D eigenvalue weighted by Crippen LogP contribution is -2.12. The van der Waals surface area contributed by atoms with Gasteiger partial charge in [0.2, 0.25) is 0 Å². The third kappa shape index (κ3) is 2.13. The number of aromatic nitrogens is 1. The number of aromatic amines is 1. The van der Waals surface area contributed by atoms with E-state index in [9.17, 15) is 4.79 Å². The molecule has 0 aliphatic carbocycles. The van der Waals surface area contributed by atoms with E-state index < -0.39 is 0 Å². The summed E-state index contributed by atoms with van der Waals surface area (Å²) in [4.78, 5) is 15.3. The summed E-state index contributed by atoms with van der Waals surface area (Å²) in [5, 5.41) is 12.8. The van der Waals surface area contributed by atoms with Gasteiger partial charge in [0.05, 0.1) is 11.3 Å². The van der Waals surface area contributed by atoms with Gasteiger partial charge in [0.1, 0.15) is 6.07 Å². The molecule has 3 aromatic rings. The van der Waals surface area contributed by atoms with Crippen molar-refractivity contribution in [2.45, 2.75) is 0 Å². The predicted molar refractivity (Wildman–Crippen MR) is 77.4 cm³/mol. The lowest BCUT2D eigenvalue weighted by atomic mass is 10.1. The van der Waals surface area contributed by atoms with Crippen molar-refractivity contribution in [3.8, 4) is 6.07 Å². The number of H-pyrrole nitrogens is 1. The maximum atomic E-state index is 12.2. The number of rotatable bonds is 2. The molecule has 0 radical (unpaired) electrons. The summed E-state index contributed by atoms with van der Waals surface area (Å²) >= 11 is 0. The summed E-state index contributed by atoms with van der Waals surface area (Å²) in [5.41, 5.74) is 2.42. The maximum absolute atomic E-state index is 12.2. The van der Waals surface area contributed by atoms with E-state index in [1.54, 1.807) is 36.4 Å². The summed E-state index contributed by atoms with van der Waals surface area (Å²) in [7, 11) is 0. The van der Waals surface area contributed by atoms with Gasteiger partial charge in [0, 0.05) is 17.3 Å². The normalized spacial score (nSPS) is 10.2. The van der Waals surface area contributed by atoms with E-state index in [2.05, 4.69) is 16.4 Å². The Kier molecular flexibility index (Phi) is 2.94. The molecule has 1 heterocycles. The average molecular weight is 261 g/mol. The molecule has 2 N–H and O–H groups in total. The number of carbonyl (C=O) groups is 1. The standard InChI is InChI=1S/C16H11N3O/c17-10-13-3-1-2-4-14(13)19-16(20)12-6-5-11-7-8-18-15(11)9-12/h1-9,18H,(H,19,20). The molecule has 4 heteroatoms. The molecule has 0 aliphatic heterocycles. The van der Waals surface area contributed by atoms with Crippen molar-refractivity contribution in [3.05, 3.63) is 65.9 Å². The minimum absolute atomic E-state index is 0.232. The molecule has 1 amide bonds. The number of fused-ring (bicyclic) bond motifs is 1. The van der Waals surface area contributed by atoms with E-state index in [0.717, 1.165) is 10.9 Å². The molecule has 0 atom stereocenters. The Hall–Kier alpha value is -3.06. The van der Waals surface area contributed by atoms with Crippen LogP contribution >= 0.6 is 0 Å². The fourth-order valence-corrected chi connectivity index (χ4v) is 2.07. The van der Waals surface area contributed by atoms with Crippen LogP contribution in [0.2, 0.25) is 0 Å². The molecule has 4 nitrogen and oxygen atoms in total. The van der Waals surface area contributed by atoms with Gasteiger partial charge in [-0.1, -0.05) is 18.2 Å². The van der Waals surface area contributed by atoms with E-state index in [0.29, 0.717) is 16.8 Å². The van der Waals surface area contributed by atoms with Crippen LogP contribution in [0.25, 0.3) is 10.9 Å². The summed E-state index contributed by atoms with van der Waals surface area (Å²) in [6.07, 6.45) is 1.83. The van der Waals surface area contributed by atoms with E-state index in [4.69, 9.17) is 5.26 Å². The van der Waals surface area contributed by atoms with Gasteiger partial charge in [-0.2, -0.15) is 5.26 Å². The number of hydrogen-bond donors (Lipinski definition) is 2. The second-order valence-electron chi connectivity index (χ2n) is 4.39. The van der Waals surface area contributed by atoms with E-state index in [1.807, 2.05) is 18.3 Å². The molecular formula is C16H11N3O. The quantitative estimate of drug-likeness (QED) is 0.743. The molecule has 0 saturated heterocycles. The second-order valence-corrected chi connectivity index (χ2v) is 4.39. The smallest absolute Gasteiger partial charge is 0.255 e. The highest BCUT2D eigenvalue weighted by atomic mass is 16.1. The van der Waals surface area contributed by atoms with Crippen LogP contribution in [-0.2, 0) is 0 Å². The topological polar surface area (TPSA) is 68.7 Å². The first kappa shape index (κ1) is 12.0. The van der Waals surface area contributed by atoms with Gasteiger partial charge in [-0.15, -0.1) is 0 Å². The number of para-hydroxylation sites is 1. The van der Waals surface area contributed by atoms with Crippen LogP contribution in [0.15, 0.2) is 54.7 Å². The minimum atomic E-state index is -0.232. The Morgan fingerprint density at radius 3 is 2.85 bits per heavy atom. The van der Waals surface area contributed by atoms with Gasteiger partial charge >= 0.3 is 0 Å². The second kappa shape index (κ2) is 4.90. The van der Waals surface area contributed by atoms with Crippen LogP contribution < -0.4 is 5.32 Å². The van der Waals surface area contributed by atoms with Crippen LogP contribution in [0.3, 0.4) is 0 Å². The van der Waals surface area contributed by atoms with Gasteiger partial charge in [-0.3, -0.25) is 4.79 Å². The first-order valence-corrected chi connectivity index (χ1v) is 6.15. The lowest BCUT2D eigenvalue weighted by Gasteiger charge is -2.06. The average Bonchev–Trinajstić information content (AvgIpc) is 2.95. The number of nitrogens with one attached hydrogen (secondary N) is 2. The highest BCUT2D eigenvalue weighted by Crippen LogP contribution is 2.17. The molecule has 0 fully saturated rings. The van der Waals surface area contributed by atoms with Crippen molar-refractivity contribution in [2.24, 2.45) is 0 Å². The predicted octanol–water partition coefficient (Wildman–Crippen LogP) is 3.29. The third-order valence-corrected chi connectivity index (χ3v) is 3.11. The zero-order chi connectivity index (χ0) is 13.9. The van der Waals surface area contributed by atoms with Gasteiger partial charge in [0.15, 0.2) is 0 Å². The van der Waals surface area contributed by atoms with Crippen molar-refractivity contribution >= 4 is 22.5 Å². The molecule has 20 heavy (non-hydrogen) atoms. The minimum Gasteiger partial charge on any atom is -0.361 e. The number of benzene rings is 2. The zero-order valence-corrected chi connectivity index (χ0v) is 10.6. The number of nitrogens with zero attached hydrogens (tertiary/aromatic N) is 1. The van der Waals surface area contributed by atoms with Crippen LogP contribution in [0.5, 0.6) is 0 Å². The van der Waals surface area contributed by atoms with Crippen molar-refractivity contribution < 1.29 is 4.79 Å². The molecule has 96 valence electrons. The fraction of sp³-hybridized carbons (Fsp3) is 0. The Morgan fingerprint density at radius 2 is 2.00 bits per heavy atom. The SMILES string of the molecule is N#Cc1ccccc1NC(=O)c1ccc2cc[nH]c2c1. The molecule has 0 bridgehead atoms. The molecule has 0 saturated carbocycles. The molecular weight excluding hydrogens is 250 g/mol. The maximum Gasteiger partial charge on any atom is 0.255 e. The Labute approximate surface area is 115 Å². The summed E-state index contributed by atoms with van der Waals surface area (Å²) in [6.45, 7) is 0. The monoisotopic (exact) mass is 261 g/mol. The van der Waals surface area contributed by atoms with Crippen LogP contribution in [0.1, 0.15) is 15.9 Å². The molecule has 0 spiro atoms. The van der Waals surface area contributed by atoms with Gasteiger partial charge < -0.3 is 10.3 Å². The first-order valence-electron chi connectivity index (χ1n) is 6.15. The Balaban J connectivity index is 1.91. The van der Waals surface area contributed by atoms with Crippen molar-refractivity contribution in [1.82, 2.24) is 4.98 Å².